The number of halogens is 3. The standard InChI is InChI=1S/C5H10OS2.C4H7BrOS.C4H8OS2.C4H6OS.C3H3ClOS.C3H4S.10CH4.ClH/c1-7-4-3-5-8(2)6;1-7(6)4-2-3-5;1-7(5)4-2-3-6;1-3-4-6(2)5;1-2-3-6(4)5;1-2-3-4;;;;;;;;;;;/h3-4H,5H2,1-2H3;2-3H,4H2,1H3;2-3,6H,4H2,1H3;1H,4H2,2H3;1H,3H2;1,4H,3H2;10*1H4;1H/p-1/b4-3+;2*3-2+;;;;;;;;;;;;;;. The highest BCUT2D eigenvalue weighted by molar-refractivity contribution is 9.11. The third-order valence-corrected chi connectivity index (χ3v) is 6.51. The maximum Gasteiger partial charge on any atom is 0.127 e. The van der Waals surface area contributed by atoms with Crippen LogP contribution in [0, 0.1) is 37.0 Å². The van der Waals surface area contributed by atoms with E-state index in [1.807, 2.05) is 23.8 Å². The van der Waals surface area contributed by atoms with Gasteiger partial charge in [-0.3, -0.25) is 16.8 Å². The van der Waals surface area contributed by atoms with Crippen LogP contribution in [0.15, 0.2) is 34.0 Å². The molecule has 0 aliphatic rings. The predicted molar refractivity (Wildman–Crippen MR) is 261 cm³/mol. The van der Waals surface area contributed by atoms with Gasteiger partial charge in [-0.25, -0.2) is 4.21 Å². The fourth-order valence-electron chi connectivity index (χ4n) is 0.804. The van der Waals surface area contributed by atoms with Gasteiger partial charge in [-0.15, -0.1) is 31.0 Å². The normalized spacial score (nSPS) is 10.2. The summed E-state index contributed by atoms with van der Waals surface area (Å²) in [6, 6.07) is 0. The van der Waals surface area contributed by atoms with Gasteiger partial charge in [-0.1, -0.05) is 126 Å². The number of hydrogen-bond acceptors (Lipinski definition) is 8. The monoisotopic (exact) mass is 959 g/mol. The summed E-state index contributed by atoms with van der Waals surface area (Å²) in [5, 5.41) is 3.54. The van der Waals surface area contributed by atoms with E-state index in [-0.39, 0.29) is 92.4 Å². The van der Waals surface area contributed by atoms with E-state index in [4.69, 9.17) is 30.0 Å². The summed E-state index contributed by atoms with van der Waals surface area (Å²) in [5.41, 5.74) is 0. The minimum Gasteiger partial charge on any atom is -1.00 e. The molecule has 0 amide bonds. The quantitative estimate of drug-likeness (QED) is 0.140. The second kappa shape index (κ2) is 110. The zero-order chi connectivity index (χ0) is 31.2. The Morgan fingerprint density at radius 1 is 0.653 bits per heavy atom. The highest BCUT2D eigenvalue weighted by Crippen LogP contribution is 1.92. The van der Waals surface area contributed by atoms with E-state index in [1.165, 1.54) is 0 Å². The van der Waals surface area contributed by atoms with Gasteiger partial charge >= 0.3 is 0 Å². The third kappa shape index (κ3) is 247. The number of hydrogen-bond donors (Lipinski definition) is 2. The Bertz CT molecular complexity index is 819. The molecule has 0 fully saturated rings. The molecule has 0 bridgehead atoms. The van der Waals surface area contributed by atoms with E-state index in [0.717, 1.165) is 0 Å². The minimum absolute atomic E-state index is 0. The first kappa shape index (κ1) is 110. The SMILES string of the molecule is C.C.C.C.C.C.C.C.C.C.C#CCS.C#CCS(=O)Cl.C#CCS(C)=O.CS(=O)C/C=C/Br.CS(=O)C/C=C/S.CS/C=C/CS(C)=O.[Cl-]. The molecular formula is C33H78BrCl2O5S8-. The Hall–Kier alpha value is 0.760. The summed E-state index contributed by atoms with van der Waals surface area (Å²) in [6.45, 7) is 0. The lowest BCUT2D eigenvalue weighted by Gasteiger charge is -1.82. The van der Waals surface area contributed by atoms with Crippen molar-refractivity contribution in [3.63, 3.8) is 0 Å². The first-order valence-corrected chi connectivity index (χ1v) is 22.1. The Labute approximate surface area is 358 Å². The predicted octanol–water partition coefficient (Wildman–Crippen LogP) is 7.76. The molecule has 0 aliphatic carbocycles. The smallest absolute Gasteiger partial charge is 0.127 e. The average molecular weight is 962 g/mol. The van der Waals surface area contributed by atoms with Gasteiger partial charge in [-0.2, -0.15) is 25.3 Å². The molecule has 0 aliphatic heterocycles. The van der Waals surface area contributed by atoms with E-state index in [2.05, 4.69) is 58.9 Å². The molecule has 0 aromatic carbocycles. The number of rotatable bonds is 9. The van der Waals surface area contributed by atoms with Crippen LogP contribution in [-0.4, -0.2) is 86.8 Å². The highest BCUT2D eigenvalue weighted by atomic mass is 79.9. The molecule has 0 aromatic heterocycles. The summed E-state index contributed by atoms with van der Waals surface area (Å²) in [6.07, 6.45) is 28.3. The van der Waals surface area contributed by atoms with E-state index < -0.39 is 53.2 Å². The maximum absolute atomic E-state index is 10.4. The molecule has 310 valence electrons. The van der Waals surface area contributed by atoms with Crippen molar-refractivity contribution < 1.29 is 33.5 Å². The van der Waals surface area contributed by atoms with E-state index in [1.54, 1.807) is 53.3 Å². The van der Waals surface area contributed by atoms with Gasteiger partial charge in [0.2, 0.25) is 0 Å². The van der Waals surface area contributed by atoms with Gasteiger partial charge in [0.1, 0.15) is 10.0 Å². The lowest BCUT2D eigenvalue weighted by Crippen LogP contribution is -3.00. The van der Waals surface area contributed by atoms with Gasteiger partial charge in [0.15, 0.2) is 0 Å². The van der Waals surface area contributed by atoms with Gasteiger partial charge in [0.25, 0.3) is 0 Å². The van der Waals surface area contributed by atoms with Crippen LogP contribution in [0.5, 0.6) is 0 Å². The van der Waals surface area contributed by atoms with Crippen molar-refractivity contribution in [3.05, 3.63) is 34.0 Å². The van der Waals surface area contributed by atoms with Crippen LogP contribution < -0.4 is 12.4 Å². The van der Waals surface area contributed by atoms with Crippen LogP contribution in [-0.2, 0) is 53.2 Å². The summed E-state index contributed by atoms with van der Waals surface area (Å²) < 4.78 is 50.6. The summed E-state index contributed by atoms with van der Waals surface area (Å²) >= 11 is 12.2. The van der Waals surface area contributed by atoms with Crippen molar-refractivity contribution in [1.82, 2.24) is 0 Å². The minimum atomic E-state index is -1.33. The molecule has 0 saturated heterocycles. The Morgan fingerprint density at radius 3 is 1.06 bits per heavy atom. The molecule has 0 saturated carbocycles. The first-order valence-electron chi connectivity index (χ1n) is 9.65. The summed E-state index contributed by atoms with van der Waals surface area (Å²) in [7, 11) is 0.726. The van der Waals surface area contributed by atoms with Crippen LogP contribution in [0.1, 0.15) is 74.3 Å². The van der Waals surface area contributed by atoms with Gasteiger partial charge < -0.3 is 12.4 Å². The largest absolute Gasteiger partial charge is 1.00 e. The lowest BCUT2D eigenvalue weighted by molar-refractivity contribution is -0.0000168. The van der Waals surface area contributed by atoms with Crippen LogP contribution in [0.3, 0.4) is 0 Å². The Kier molecular flexibility index (Phi) is 248. The van der Waals surface area contributed by atoms with Crippen molar-refractivity contribution >= 4 is 117 Å². The van der Waals surface area contributed by atoms with E-state index in [9.17, 15) is 21.0 Å². The topological polar surface area (TPSA) is 85.3 Å². The number of thiol groups is 2. The fourth-order valence-corrected chi connectivity index (χ4v) is 3.55. The van der Waals surface area contributed by atoms with Crippen LogP contribution in [0.4, 0.5) is 0 Å². The third-order valence-electron chi connectivity index (χ3n) is 1.99. The van der Waals surface area contributed by atoms with Crippen LogP contribution in [0.2, 0.25) is 0 Å². The molecule has 0 heterocycles. The molecule has 16 heteroatoms. The average Bonchev–Trinajstić information content (AvgIpc) is 2.83. The van der Waals surface area contributed by atoms with Gasteiger partial charge in [0.05, 0.1) is 17.3 Å². The van der Waals surface area contributed by atoms with E-state index >= 15 is 0 Å². The number of thioether (sulfide) groups is 1. The van der Waals surface area contributed by atoms with Crippen LogP contribution >= 0.6 is 63.6 Å². The zero-order valence-electron chi connectivity index (χ0n) is 22.5. The molecule has 0 rings (SSSR count). The molecule has 49 heavy (non-hydrogen) atoms. The zero-order valence-corrected chi connectivity index (χ0v) is 32.2. The summed E-state index contributed by atoms with van der Waals surface area (Å²) in [4.78, 5) is 1.72. The van der Waals surface area contributed by atoms with Crippen molar-refractivity contribution in [2.24, 2.45) is 0 Å². The fraction of sp³-hybridized carbons (Fsp3) is 0.636. The van der Waals surface area contributed by atoms with Crippen molar-refractivity contribution in [1.29, 1.82) is 0 Å². The first-order chi connectivity index (χ1) is 17.8. The second-order valence-corrected chi connectivity index (χ2v) is 15.2. The van der Waals surface area contributed by atoms with Crippen molar-refractivity contribution in [3.8, 4) is 37.0 Å². The molecule has 5 unspecified atom stereocenters. The Balaban J connectivity index is -0.0000000161. The highest BCUT2D eigenvalue weighted by Gasteiger charge is 1.82. The van der Waals surface area contributed by atoms with Gasteiger partial charge in [-0.05, 0) is 32.7 Å². The number of terminal acetylenes is 3. The van der Waals surface area contributed by atoms with Crippen molar-refractivity contribution in [2.75, 3.05) is 65.8 Å². The molecule has 0 spiro atoms. The van der Waals surface area contributed by atoms with Crippen molar-refractivity contribution in [2.45, 2.75) is 74.3 Å². The summed E-state index contributed by atoms with van der Waals surface area (Å²) in [5.74, 6) is 9.69. The lowest BCUT2D eigenvalue weighted by atomic mass is 10.8. The molecule has 5 atom stereocenters. The molecule has 0 aromatic rings. The maximum atomic E-state index is 10.4. The molecule has 0 N–H and O–H groups in total. The molecule has 5 nitrogen and oxygen atoms in total. The van der Waals surface area contributed by atoms with Gasteiger partial charge in [0, 0.05) is 85.5 Å². The second-order valence-electron chi connectivity index (χ2n) is 5.50. The molecular weight excluding hydrogens is 884 g/mol. The Morgan fingerprint density at radius 2 is 0.959 bits per heavy atom. The van der Waals surface area contributed by atoms with E-state index in [0.29, 0.717) is 28.8 Å². The van der Waals surface area contributed by atoms with Crippen LogP contribution in [0.25, 0.3) is 0 Å². The molecule has 0 radical (unpaired) electrons.